The predicted molar refractivity (Wildman–Crippen MR) is 79.7 cm³/mol. The second-order valence-corrected chi connectivity index (χ2v) is 6.60. The molecular weight excluding hydrogens is 306 g/mol. The van der Waals surface area contributed by atoms with Gasteiger partial charge in [0, 0.05) is 0 Å². The summed E-state index contributed by atoms with van der Waals surface area (Å²) in [4.78, 5) is 25.6. The molecule has 0 bridgehead atoms. The van der Waals surface area contributed by atoms with Crippen LogP contribution in [0.3, 0.4) is 0 Å². The zero-order valence-electron chi connectivity index (χ0n) is 13.6. The van der Waals surface area contributed by atoms with Crippen molar-refractivity contribution in [1.82, 2.24) is 10.2 Å². The quantitative estimate of drug-likeness (QED) is 0.865. The van der Waals surface area contributed by atoms with Crippen LogP contribution in [0.15, 0.2) is 18.2 Å². The van der Waals surface area contributed by atoms with E-state index in [1.54, 1.807) is 0 Å². The number of imide groups is 1. The summed E-state index contributed by atoms with van der Waals surface area (Å²) in [6, 6.07) is 2.55. The average Bonchev–Trinajstić information content (AvgIpc) is 2.65. The SMILES string of the molecule is CC(C)(C)OCCN1C(=O)N[C@](C)(c2ccc(F)c(F)c2)C1=O. The van der Waals surface area contributed by atoms with E-state index in [1.165, 1.54) is 13.0 Å². The topological polar surface area (TPSA) is 58.6 Å². The lowest BCUT2D eigenvalue weighted by Crippen LogP contribution is -2.41. The fourth-order valence-electron chi connectivity index (χ4n) is 2.35. The Morgan fingerprint density at radius 1 is 1.22 bits per heavy atom. The average molecular weight is 326 g/mol. The molecule has 0 spiro atoms. The molecule has 7 heteroatoms. The first-order valence-corrected chi connectivity index (χ1v) is 7.28. The van der Waals surface area contributed by atoms with Crippen LogP contribution in [-0.4, -0.2) is 35.6 Å². The molecule has 2 rings (SSSR count). The molecule has 1 heterocycles. The molecule has 0 unspecified atom stereocenters. The fourth-order valence-corrected chi connectivity index (χ4v) is 2.35. The standard InChI is InChI=1S/C16H20F2N2O3/c1-15(2,3)23-8-7-20-13(21)16(4,19-14(20)22)10-5-6-11(17)12(18)9-10/h5-6,9H,7-8H2,1-4H3,(H,19,22)/t16-/m1/s1. The second kappa shape index (κ2) is 5.88. The van der Waals surface area contributed by atoms with Crippen LogP contribution in [0.2, 0.25) is 0 Å². The number of ether oxygens (including phenoxy) is 1. The smallest absolute Gasteiger partial charge is 0.325 e. The zero-order valence-corrected chi connectivity index (χ0v) is 13.6. The van der Waals surface area contributed by atoms with Gasteiger partial charge in [0.1, 0.15) is 5.54 Å². The minimum atomic E-state index is -1.42. The van der Waals surface area contributed by atoms with Gasteiger partial charge in [-0.2, -0.15) is 0 Å². The third kappa shape index (κ3) is 3.50. The van der Waals surface area contributed by atoms with Crippen LogP contribution in [0.25, 0.3) is 0 Å². The highest BCUT2D eigenvalue weighted by molar-refractivity contribution is 6.07. The van der Waals surface area contributed by atoms with Crippen LogP contribution in [-0.2, 0) is 15.1 Å². The Morgan fingerprint density at radius 3 is 2.43 bits per heavy atom. The zero-order chi connectivity index (χ0) is 17.4. The van der Waals surface area contributed by atoms with E-state index in [2.05, 4.69) is 5.32 Å². The van der Waals surface area contributed by atoms with Crippen LogP contribution >= 0.6 is 0 Å². The first-order valence-electron chi connectivity index (χ1n) is 7.28. The maximum atomic E-state index is 13.4. The van der Waals surface area contributed by atoms with Crippen molar-refractivity contribution in [1.29, 1.82) is 0 Å². The van der Waals surface area contributed by atoms with Gasteiger partial charge in [0.15, 0.2) is 11.6 Å². The molecular formula is C16H20F2N2O3. The molecule has 0 aromatic heterocycles. The van der Waals surface area contributed by atoms with Crippen LogP contribution in [0, 0.1) is 11.6 Å². The van der Waals surface area contributed by atoms with Crippen molar-refractivity contribution in [2.24, 2.45) is 0 Å². The third-order valence-corrected chi connectivity index (χ3v) is 3.62. The first-order chi connectivity index (χ1) is 10.5. The van der Waals surface area contributed by atoms with Gasteiger partial charge in [-0.05, 0) is 45.4 Å². The van der Waals surface area contributed by atoms with Crippen LogP contribution < -0.4 is 5.32 Å². The van der Waals surface area contributed by atoms with Crippen LogP contribution in [0.1, 0.15) is 33.3 Å². The van der Waals surface area contributed by atoms with Gasteiger partial charge in [0.05, 0.1) is 18.8 Å². The highest BCUT2D eigenvalue weighted by Gasteiger charge is 2.49. The van der Waals surface area contributed by atoms with Crippen molar-refractivity contribution in [3.63, 3.8) is 0 Å². The normalized spacial score (nSPS) is 21.7. The van der Waals surface area contributed by atoms with E-state index in [0.29, 0.717) is 0 Å². The van der Waals surface area contributed by atoms with Gasteiger partial charge in [-0.15, -0.1) is 0 Å². The van der Waals surface area contributed by atoms with Crippen molar-refractivity contribution in [3.05, 3.63) is 35.4 Å². The van der Waals surface area contributed by atoms with E-state index in [0.717, 1.165) is 17.0 Å². The molecule has 126 valence electrons. The van der Waals surface area contributed by atoms with Gasteiger partial charge < -0.3 is 10.1 Å². The molecule has 0 aliphatic carbocycles. The van der Waals surface area contributed by atoms with Crippen LogP contribution in [0.5, 0.6) is 0 Å². The number of carbonyl (C=O) groups excluding carboxylic acids is 2. The highest BCUT2D eigenvalue weighted by atomic mass is 19.2. The molecule has 1 aliphatic heterocycles. The maximum Gasteiger partial charge on any atom is 0.325 e. The summed E-state index contributed by atoms with van der Waals surface area (Å²) in [6.45, 7) is 7.33. The molecule has 1 aromatic carbocycles. The monoisotopic (exact) mass is 326 g/mol. The van der Waals surface area contributed by atoms with Gasteiger partial charge in [-0.3, -0.25) is 9.69 Å². The number of rotatable bonds is 4. The van der Waals surface area contributed by atoms with Crippen molar-refractivity contribution >= 4 is 11.9 Å². The van der Waals surface area contributed by atoms with Gasteiger partial charge in [-0.25, -0.2) is 13.6 Å². The summed E-state index contributed by atoms with van der Waals surface area (Å²) in [7, 11) is 0. The number of halogens is 2. The highest BCUT2D eigenvalue weighted by Crippen LogP contribution is 2.29. The van der Waals surface area contributed by atoms with Gasteiger partial charge in [0.2, 0.25) is 0 Å². The minimum absolute atomic E-state index is 0.0845. The van der Waals surface area contributed by atoms with Gasteiger partial charge in [0.25, 0.3) is 5.91 Å². The number of nitrogens with zero attached hydrogens (tertiary/aromatic N) is 1. The summed E-state index contributed by atoms with van der Waals surface area (Å²) in [5.74, 6) is -2.60. The van der Waals surface area contributed by atoms with Crippen molar-refractivity contribution in [2.45, 2.75) is 38.8 Å². The maximum absolute atomic E-state index is 13.4. The summed E-state index contributed by atoms with van der Waals surface area (Å²) in [5, 5.41) is 2.53. The second-order valence-electron chi connectivity index (χ2n) is 6.60. The molecule has 0 radical (unpaired) electrons. The Labute approximate surface area is 133 Å². The Hall–Kier alpha value is -2.02. The van der Waals surface area contributed by atoms with Crippen molar-refractivity contribution in [2.75, 3.05) is 13.2 Å². The van der Waals surface area contributed by atoms with E-state index >= 15 is 0 Å². The summed E-state index contributed by atoms with van der Waals surface area (Å²) < 4.78 is 32.0. The van der Waals surface area contributed by atoms with E-state index in [-0.39, 0.29) is 24.3 Å². The molecule has 0 saturated carbocycles. The molecule has 1 fully saturated rings. The van der Waals surface area contributed by atoms with Crippen LogP contribution in [0.4, 0.5) is 13.6 Å². The number of carbonyl (C=O) groups is 2. The summed E-state index contributed by atoms with van der Waals surface area (Å²) >= 11 is 0. The number of urea groups is 1. The van der Waals surface area contributed by atoms with E-state index in [4.69, 9.17) is 4.74 Å². The molecule has 23 heavy (non-hydrogen) atoms. The molecule has 1 aliphatic rings. The Balaban J connectivity index is 2.17. The molecule has 5 nitrogen and oxygen atoms in total. The van der Waals surface area contributed by atoms with Gasteiger partial charge >= 0.3 is 6.03 Å². The number of nitrogens with one attached hydrogen (secondary N) is 1. The molecule has 1 saturated heterocycles. The molecule has 1 N–H and O–H groups in total. The Morgan fingerprint density at radius 2 is 1.87 bits per heavy atom. The number of hydrogen-bond acceptors (Lipinski definition) is 3. The number of amides is 3. The van der Waals surface area contributed by atoms with E-state index in [9.17, 15) is 18.4 Å². The fraction of sp³-hybridized carbons (Fsp3) is 0.500. The van der Waals surface area contributed by atoms with Crippen molar-refractivity contribution in [3.8, 4) is 0 Å². The third-order valence-electron chi connectivity index (χ3n) is 3.62. The molecule has 1 aromatic rings. The lowest BCUT2D eigenvalue weighted by molar-refractivity contribution is -0.132. The van der Waals surface area contributed by atoms with E-state index in [1.807, 2.05) is 20.8 Å². The molecule has 1 atom stereocenters. The van der Waals surface area contributed by atoms with Crippen molar-refractivity contribution < 1.29 is 23.1 Å². The Kier molecular flexibility index (Phi) is 4.43. The lowest BCUT2D eigenvalue weighted by atomic mass is 9.92. The predicted octanol–water partition coefficient (Wildman–Crippen LogP) is 2.55. The number of benzene rings is 1. The van der Waals surface area contributed by atoms with Gasteiger partial charge in [-0.1, -0.05) is 6.07 Å². The summed E-state index contributed by atoms with van der Waals surface area (Å²) in [5.41, 5.74) is -1.62. The first kappa shape index (κ1) is 17.3. The largest absolute Gasteiger partial charge is 0.374 e. The lowest BCUT2D eigenvalue weighted by Gasteiger charge is -2.23. The number of hydrogen-bond donors (Lipinski definition) is 1. The minimum Gasteiger partial charge on any atom is -0.374 e. The Bertz CT molecular complexity index is 643. The summed E-state index contributed by atoms with van der Waals surface area (Å²) in [6.07, 6.45) is 0. The van der Waals surface area contributed by atoms with E-state index < -0.39 is 29.1 Å². The molecule has 3 amide bonds.